The molecule has 0 bridgehead atoms. The molecule has 1 unspecified atom stereocenters. The summed E-state index contributed by atoms with van der Waals surface area (Å²) in [6, 6.07) is 0. The van der Waals surface area contributed by atoms with Crippen molar-refractivity contribution in [2.45, 2.75) is 20.3 Å². The summed E-state index contributed by atoms with van der Waals surface area (Å²) in [6.45, 7) is 3.96. The zero-order valence-electron chi connectivity index (χ0n) is 6.42. The summed E-state index contributed by atoms with van der Waals surface area (Å²) < 4.78 is 0. The molecular weight excluding hydrogens is 124 g/mol. The molecule has 0 aliphatic heterocycles. The molecule has 0 saturated carbocycles. The van der Waals surface area contributed by atoms with Crippen molar-refractivity contribution in [3.8, 4) is 0 Å². The lowest BCUT2D eigenvalue weighted by Gasteiger charge is -1.92. The van der Waals surface area contributed by atoms with Gasteiger partial charge in [0.2, 0.25) is 0 Å². The average Bonchev–Trinajstić information content (AvgIpc) is 2.34. The lowest BCUT2D eigenvalue weighted by Crippen LogP contribution is -1.95. The van der Waals surface area contributed by atoms with Crippen LogP contribution in [-0.4, -0.2) is 5.78 Å². The van der Waals surface area contributed by atoms with Crippen molar-refractivity contribution in [1.29, 1.82) is 0 Å². The Balaban J connectivity index is 2.68. The molecular formula is C9H12O. The maximum absolute atomic E-state index is 11.0. The number of allylic oxidation sites excluding steroid dienone is 4. The van der Waals surface area contributed by atoms with Crippen LogP contribution >= 0.6 is 0 Å². The van der Waals surface area contributed by atoms with Gasteiger partial charge in [0.25, 0.3) is 0 Å². The fourth-order valence-electron chi connectivity index (χ4n) is 1.04. The maximum Gasteiger partial charge on any atom is 0.162 e. The number of Topliss-reactive ketones (excluding diaryl/α,β-unsaturated/α-hetero) is 1. The highest BCUT2D eigenvalue weighted by molar-refractivity contribution is 5.98. The van der Waals surface area contributed by atoms with E-state index in [0.29, 0.717) is 12.3 Å². The van der Waals surface area contributed by atoms with E-state index in [9.17, 15) is 4.79 Å². The summed E-state index contributed by atoms with van der Waals surface area (Å²) in [7, 11) is 0. The second-order valence-electron chi connectivity index (χ2n) is 2.62. The molecule has 1 rings (SSSR count). The van der Waals surface area contributed by atoms with E-state index >= 15 is 0 Å². The van der Waals surface area contributed by atoms with Gasteiger partial charge in [0.05, 0.1) is 0 Å². The molecule has 10 heavy (non-hydrogen) atoms. The third-order valence-corrected chi connectivity index (χ3v) is 1.66. The van der Waals surface area contributed by atoms with E-state index in [1.165, 1.54) is 0 Å². The maximum atomic E-state index is 11.0. The number of rotatable bonds is 2. The highest BCUT2D eigenvalue weighted by atomic mass is 16.1. The normalized spacial score (nSPS) is 23.0. The van der Waals surface area contributed by atoms with Crippen LogP contribution in [0.3, 0.4) is 0 Å². The number of hydrogen-bond donors (Lipinski definition) is 0. The molecule has 0 aromatic rings. The van der Waals surface area contributed by atoms with Gasteiger partial charge < -0.3 is 0 Å². The molecule has 0 heterocycles. The van der Waals surface area contributed by atoms with Crippen molar-refractivity contribution >= 4 is 5.78 Å². The van der Waals surface area contributed by atoms with Crippen molar-refractivity contribution in [3.05, 3.63) is 23.8 Å². The van der Waals surface area contributed by atoms with Crippen molar-refractivity contribution in [2.24, 2.45) is 5.92 Å². The molecule has 0 aromatic heterocycles. The SMILES string of the molecule is CCC(=O)C1=CC(C)C=C1. The fourth-order valence-corrected chi connectivity index (χ4v) is 1.04. The quantitative estimate of drug-likeness (QED) is 0.568. The molecule has 0 amide bonds. The molecule has 0 fully saturated rings. The Morgan fingerprint density at radius 2 is 2.40 bits per heavy atom. The molecule has 0 radical (unpaired) electrons. The molecule has 1 nitrogen and oxygen atoms in total. The van der Waals surface area contributed by atoms with Crippen molar-refractivity contribution in [2.75, 3.05) is 0 Å². The number of carbonyl (C=O) groups is 1. The first-order chi connectivity index (χ1) is 4.74. The van der Waals surface area contributed by atoms with Crippen LogP contribution in [0.2, 0.25) is 0 Å². The summed E-state index contributed by atoms with van der Waals surface area (Å²) in [5.41, 5.74) is 0.884. The molecule has 1 atom stereocenters. The Labute approximate surface area is 61.4 Å². The number of ketones is 1. The molecule has 0 saturated heterocycles. The Morgan fingerprint density at radius 1 is 1.70 bits per heavy atom. The Kier molecular flexibility index (Phi) is 2.05. The largest absolute Gasteiger partial charge is 0.294 e. The molecule has 54 valence electrons. The van der Waals surface area contributed by atoms with Crippen LogP contribution in [0.25, 0.3) is 0 Å². The van der Waals surface area contributed by atoms with Gasteiger partial charge in [-0.3, -0.25) is 4.79 Å². The standard InChI is InChI=1S/C9H12O/c1-3-9(10)8-5-4-7(2)6-8/h4-7H,3H2,1-2H3. The fraction of sp³-hybridized carbons (Fsp3) is 0.444. The van der Waals surface area contributed by atoms with E-state index in [-0.39, 0.29) is 5.78 Å². The van der Waals surface area contributed by atoms with Crippen LogP contribution in [0.15, 0.2) is 23.8 Å². The summed E-state index contributed by atoms with van der Waals surface area (Å²) in [5, 5.41) is 0. The van der Waals surface area contributed by atoms with Crippen molar-refractivity contribution in [3.63, 3.8) is 0 Å². The minimum absolute atomic E-state index is 0.251. The van der Waals surface area contributed by atoms with Crippen LogP contribution in [0.5, 0.6) is 0 Å². The first-order valence-electron chi connectivity index (χ1n) is 3.67. The van der Waals surface area contributed by atoms with Gasteiger partial charge >= 0.3 is 0 Å². The van der Waals surface area contributed by atoms with Gasteiger partial charge in [0.1, 0.15) is 0 Å². The third kappa shape index (κ3) is 1.35. The number of carbonyl (C=O) groups excluding carboxylic acids is 1. The van der Waals surface area contributed by atoms with Crippen LogP contribution in [0.4, 0.5) is 0 Å². The second kappa shape index (κ2) is 2.82. The summed E-state index contributed by atoms with van der Waals surface area (Å²) in [4.78, 5) is 11.0. The Morgan fingerprint density at radius 3 is 2.80 bits per heavy atom. The second-order valence-corrected chi connectivity index (χ2v) is 2.62. The summed E-state index contributed by atoms with van der Waals surface area (Å²) in [6.07, 6.45) is 6.58. The minimum atomic E-state index is 0.251. The molecule has 0 aromatic carbocycles. The summed E-state index contributed by atoms with van der Waals surface area (Å²) >= 11 is 0. The van der Waals surface area contributed by atoms with Crippen LogP contribution < -0.4 is 0 Å². The van der Waals surface area contributed by atoms with E-state index in [0.717, 1.165) is 5.57 Å². The lowest BCUT2D eigenvalue weighted by molar-refractivity contribution is -0.114. The Hall–Kier alpha value is -0.850. The third-order valence-electron chi connectivity index (χ3n) is 1.66. The van der Waals surface area contributed by atoms with Gasteiger partial charge in [-0.2, -0.15) is 0 Å². The van der Waals surface area contributed by atoms with E-state index in [1.54, 1.807) is 0 Å². The number of hydrogen-bond acceptors (Lipinski definition) is 1. The Bertz CT molecular complexity index is 199. The van der Waals surface area contributed by atoms with Crippen molar-refractivity contribution < 1.29 is 4.79 Å². The molecule has 1 aliphatic carbocycles. The first kappa shape index (κ1) is 7.26. The monoisotopic (exact) mass is 136 g/mol. The van der Waals surface area contributed by atoms with Crippen LogP contribution in [0, 0.1) is 5.92 Å². The zero-order valence-corrected chi connectivity index (χ0v) is 6.42. The van der Waals surface area contributed by atoms with E-state index < -0.39 is 0 Å². The van der Waals surface area contributed by atoms with Gasteiger partial charge in [0, 0.05) is 12.0 Å². The summed E-state index contributed by atoms with van der Waals surface area (Å²) in [5.74, 6) is 0.700. The highest BCUT2D eigenvalue weighted by Gasteiger charge is 2.09. The van der Waals surface area contributed by atoms with Gasteiger partial charge in [-0.25, -0.2) is 0 Å². The minimum Gasteiger partial charge on any atom is -0.294 e. The molecule has 1 heteroatoms. The van der Waals surface area contributed by atoms with E-state index in [1.807, 2.05) is 25.2 Å². The van der Waals surface area contributed by atoms with Gasteiger partial charge in [-0.15, -0.1) is 0 Å². The van der Waals surface area contributed by atoms with Crippen molar-refractivity contribution in [1.82, 2.24) is 0 Å². The zero-order chi connectivity index (χ0) is 7.56. The van der Waals surface area contributed by atoms with E-state index in [4.69, 9.17) is 0 Å². The molecule has 0 N–H and O–H groups in total. The first-order valence-corrected chi connectivity index (χ1v) is 3.67. The van der Waals surface area contributed by atoms with Crippen LogP contribution in [0.1, 0.15) is 20.3 Å². The predicted molar refractivity (Wildman–Crippen MR) is 41.7 cm³/mol. The highest BCUT2D eigenvalue weighted by Crippen LogP contribution is 2.16. The molecule has 1 aliphatic rings. The average molecular weight is 136 g/mol. The smallest absolute Gasteiger partial charge is 0.162 e. The van der Waals surface area contributed by atoms with E-state index in [2.05, 4.69) is 6.92 Å². The van der Waals surface area contributed by atoms with Gasteiger partial charge in [0.15, 0.2) is 5.78 Å². The lowest BCUT2D eigenvalue weighted by atomic mass is 10.1. The van der Waals surface area contributed by atoms with Gasteiger partial charge in [-0.05, 0) is 5.92 Å². The molecule has 0 spiro atoms. The van der Waals surface area contributed by atoms with Crippen LogP contribution in [-0.2, 0) is 4.79 Å². The topological polar surface area (TPSA) is 17.1 Å². The van der Waals surface area contributed by atoms with Gasteiger partial charge in [-0.1, -0.05) is 32.1 Å². The predicted octanol–water partition coefficient (Wildman–Crippen LogP) is 2.10.